The summed E-state index contributed by atoms with van der Waals surface area (Å²) >= 11 is 0. The fourth-order valence-electron chi connectivity index (χ4n) is 2.73. The number of hydrogen-bond donors (Lipinski definition) is 1. The Bertz CT molecular complexity index is 465. The van der Waals surface area contributed by atoms with Gasteiger partial charge in [-0.15, -0.1) is 0 Å². The average Bonchev–Trinajstić information content (AvgIpc) is 2.91. The molecule has 1 aromatic heterocycles. The van der Waals surface area contributed by atoms with Crippen LogP contribution in [-0.4, -0.2) is 65.3 Å². The summed E-state index contributed by atoms with van der Waals surface area (Å²) in [4.78, 5) is 15.9. The zero-order valence-electron chi connectivity index (χ0n) is 12.6. The highest BCUT2D eigenvalue weighted by Crippen LogP contribution is 2.18. The van der Waals surface area contributed by atoms with Crippen molar-refractivity contribution in [1.82, 2.24) is 15.0 Å². The van der Waals surface area contributed by atoms with Crippen LogP contribution in [-0.2, 0) is 11.2 Å². The van der Waals surface area contributed by atoms with Crippen LogP contribution in [0, 0.1) is 13.8 Å². The van der Waals surface area contributed by atoms with E-state index in [-0.39, 0.29) is 11.9 Å². The third-order valence-electron chi connectivity index (χ3n) is 4.05. The number of rotatable bonds is 4. The van der Waals surface area contributed by atoms with E-state index in [0.717, 1.165) is 17.0 Å². The monoisotopic (exact) mass is 281 g/mol. The summed E-state index contributed by atoms with van der Waals surface area (Å²) in [5, 5.41) is 13.9. The van der Waals surface area contributed by atoms with E-state index in [9.17, 15) is 9.90 Å². The lowest BCUT2D eigenvalue weighted by Gasteiger charge is -2.21. The number of hydrogen-bond acceptors (Lipinski definition) is 5. The molecular weight excluding hydrogens is 258 g/mol. The second-order valence-corrected chi connectivity index (χ2v) is 5.70. The number of carbonyl (C=O) groups is 1. The second-order valence-electron chi connectivity index (χ2n) is 5.70. The zero-order valence-corrected chi connectivity index (χ0v) is 12.6. The van der Waals surface area contributed by atoms with Gasteiger partial charge in [0.25, 0.3) is 0 Å². The lowest BCUT2D eigenvalue weighted by molar-refractivity contribution is -0.130. The molecule has 0 bridgehead atoms. The predicted octanol–water partition coefficient (Wildman–Crippen LogP) is 0.357. The average molecular weight is 281 g/mol. The number of aromatic nitrogens is 1. The van der Waals surface area contributed by atoms with Gasteiger partial charge in [0, 0.05) is 25.1 Å². The molecule has 1 saturated heterocycles. The Morgan fingerprint density at radius 2 is 2.15 bits per heavy atom. The van der Waals surface area contributed by atoms with Crippen molar-refractivity contribution < 1.29 is 14.4 Å². The zero-order chi connectivity index (χ0) is 14.9. The van der Waals surface area contributed by atoms with Gasteiger partial charge in [0.1, 0.15) is 5.76 Å². The van der Waals surface area contributed by atoms with Crippen LogP contribution in [0.2, 0.25) is 0 Å². The van der Waals surface area contributed by atoms with Crippen LogP contribution in [0.5, 0.6) is 0 Å². The number of aryl methyl sites for hydroxylation is 2. The van der Waals surface area contributed by atoms with Crippen LogP contribution < -0.4 is 0 Å². The van der Waals surface area contributed by atoms with E-state index in [1.54, 1.807) is 4.90 Å². The molecule has 2 rings (SSSR count). The fourth-order valence-corrected chi connectivity index (χ4v) is 2.73. The number of aliphatic hydroxyl groups excluding tert-OH is 1. The van der Waals surface area contributed by atoms with Crippen LogP contribution in [0.4, 0.5) is 0 Å². The molecule has 20 heavy (non-hydrogen) atoms. The molecule has 0 aliphatic carbocycles. The Kier molecular flexibility index (Phi) is 4.45. The summed E-state index contributed by atoms with van der Waals surface area (Å²) in [7, 11) is 3.84. The van der Waals surface area contributed by atoms with E-state index in [2.05, 4.69) is 5.16 Å². The molecule has 0 spiro atoms. The maximum Gasteiger partial charge on any atom is 0.223 e. The van der Waals surface area contributed by atoms with E-state index in [4.69, 9.17) is 4.52 Å². The van der Waals surface area contributed by atoms with Gasteiger partial charge < -0.3 is 19.4 Å². The van der Waals surface area contributed by atoms with Crippen LogP contribution >= 0.6 is 0 Å². The van der Waals surface area contributed by atoms with Crippen molar-refractivity contribution in [1.29, 1.82) is 0 Å². The summed E-state index contributed by atoms with van der Waals surface area (Å²) in [6, 6.07) is 0.0259. The minimum Gasteiger partial charge on any atom is -0.390 e. The highest BCUT2D eigenvalue weighted by molar-refractivity contribution is 5.77. The molecule has 2 heterocycles. The molecular formula is C14H23N3O3. The first-order chi connectivity index (χ1) is 9.40. The Balaban J connectivity index is 1.90. The SMILES string of the molecule is Cc1noc(C)c1CCC(=O)N1C[C@@H](O)[C@H](N(C)C)C1. The van der Waals surface area contributed by atoms with Gasteiger partial charge in [0.05, 0.1) is 17.8 Å². The lowest BCUT2D eigenvalue weighted by atomic mass is 10.1. The van der Waals surface area contributed by atoms with Crippen LogP contribution in [0.25, 0.3) is 0 Å². The van der Waals surface area contributed by atoms with Gasteiger partial charge >= 0.3 is 0 Å². The van der Waals surface area contributed by atoms with Gasteiger partial charge in [0.2, 0.25) is 5.91 Å². The normalized spacial score (nSPS) is 22.8. The molecule has 0 aromatic carbocycles. The van der Waals surface area contributed by atoms with Crippen LogP contribution in [0.1, 0.15) is 23.4 Å². The highest BCUT2D eigenvalue weighted by Gasteiger charge is 2.34. The van der Waals surface area contributed by atoms with Crippen molar-refractivity contribution in [3.8, 4) is 0 Å². The third kappa shape index (κ3) is 3.02. The number of likely N-dealkylation sites (N-methyl/N-ethyl adjacent to an activating group) is 1. The molecule has 0 radical (unpaired) electrons. The first-order valence-electron chi connectivity index (χ1n) is 6.94. The summed E-state index contributed by atoms with van der Waals surface area (Å²) in [5.74, 6) is 0.858. The quantitative estimate of drug-likeness (QED) is 0.863. The second kappa shape index (κ2) is 5.93. The summed E-state index contributed by atoms with van der Waals surface area (Å²) in [5.41, 5.74) is 1.87. The number of nitrogens with zero attached hydrogens (tertiary/aromatic N) is 3. The number of likely N-dealkylation sites (tertiary alicyclic amines) is 1. The molecule has 1 aliphatic rings. The summed E-state index contributed by atoms with van der Waals surface area (Å²) in [6.45, 7) is 4.76. The van der Waals surface area contributed by atoms with Crippen molar-refractivity contribution in [2.45, 2.75) is 38.8 Å². The molecule has 2 atom stereocenters. The van der Waals surface area contributed by atoms with E-state index in [0.29, 0.717) is 25.9 Å². The van der Waals surface area contributed by atoms with Crippen LogP contribution in [0.3, 0.4) is 0 Å². The van der Waals surface area contributed by atoms with Crippen molar-refractivity contribution >= 4 is 5.91 Å². The van der Waals surface area contributed by atoms with Gasteiger partial charge in [-0.25, -0.2) is 0 Å². The smallest absolute Gasteiger partial charge is 0.223 e. The summed E-state index contributed by atoms with van der Waals surface area (Å²) in [6.07, 6.45) is 0.600. The standard InChI is InChI=1S/C14H23N3O3/c1-9-11(10(2)20-15-9)5-6-14(19)17-7-12(16(3)4)13(18)8-17/h12-13,18H,5-8H2,1-4H3/t12-,13-/m1/s1. The Hall–Kier alpha value is -1.40. The van der Waals surface area contributed by atoms with E-state index in [1.165, 1.54) is 0 Å². The topological polar surface area (TPSA) is 69.8 Å². The molecule has 1 amide bonds. The number of β-amino-alcohol motifs (C(OH)–C–C–N with tert-alkyl or cyclic N) is 1. The molecule has 0 saturated carbocycles. The van der Waals surface area contributed by atoms with Crippen molar-refractivity contribution in [2.24, 2.45) is 0 Å². The predicted molar refractivity (Wildman–Crippen MR) is 74.4 cm³/mol. The molecule has 6 nitrogen and oxygen atoms in total. The molecule has 112 valence electrons. The van der Waals surface area contributed by atoms with Gasteiger partial charge in [-0.05, 0) is 34.4 Å². The Morgan fingerprint density at radius 3 is 2.65 bits per heavy atom. The third-order valence-corrected chi connectivity index (χ3v) is 4.05. The molecule has 6 heteroatoms. The fraction of sp³-hybridized carbons (Fsp3) is 0.714. The molecule has 0 unspecified atom stereocenters. The number of aliphatic hydroxyl groups is 1. The van der Waals surface area contributed by atoms with Crippen molar-refractivity contribution in [3.05, 3.63) is 17.0 Å². The van der Waals surface area contributed by atoms with Crippen molar-refractivity contribution in [2.75, 3.05) is 27.2 Å². The number of carbonyl (C=O) groups excluding carboxylic acids is 1. The van der Waals surface area contributed by atoms with Crippen molar-refractivity contribution in [3.63, 3.8) is 0 Å². The van der Waals surface area contributed by atoms with Gasteiger partial charge in [0.15, 0.2) is 0 Å². The minimum atomic E-state index is -0.465. The first-order valence-corrected chi connectivity index (χ1v) is 6.94. The maximum absolute atomic E-state index is 12.2. The molecule has 1 fully saturated rings. The van der Waals surface area contributed by atoms with Crippen LogP contribution in [0.15, 0.2) is 4.52 Å². The van der Waals surface area contributed by atoms with Gasteiger partial charge in [-0.3, -0.25) is 4.79 Å². The Morgan fingerprint density at radius 1 is 1.45 bits per heavy atom. The van der Waals surface area contributed by atoms with E-state index < -0.39 is 6.10 Å². The largest absolute Gasteiger partial charge is 0.390 e. The van der Waals surface area contributed by atoms with E-state index in [1.807, 2.05) is 32.8 Å². The molecule has 1 N–H and O–H groups in total. The minimum absolute atomic E-state index is 0.0259. The first kappa shape index (κ1) is 15.0. The lowest BCUT2D eigenvalue weighted by Crippen LogP contribution is -2.38. The maximum atomic E-state index is 12.2. The highest BCUT2D eigenvalue weighted by atomic mass is 16.5. The van der Waals surface area contributed by atoms with Gasteiger partial charge in [-0.1, -0.05) is 5.16 Å². The molecule has 1 aromatic rings. The molecule has 1 aliphatic heterocycles. The Labute approximate surface area is 119 Å². The number of amides is 1. The van der Waals surface area contributed by atoms with E-state index >= 15 is 0 Å². The summed E-state index contributed by atoms with van der Waals surface area (Å²) < 4.78 is 5.10. The van der Waals surface area contributed by atoms with Gasteiger partial charge in [-0.2, -0.15) is 0 Å².